The number of nitriles is 1. The summed E-state index contributed by atoms with van der Waals surface area (Å²) in [5, 5.41) is 24.2. The molecule has 1 saturated carbocycles. The molecule has 1 saturated heterocycles. The van der Waals surface area contributed by atoms with E-state index in [4.69, 9.17) is 0 Å². The van der Waals surface area contributed by atoms with Crippen LogP contribution >= 0.6 is 0 Å². The number of hydrogen-bond acceptors (Lipinski definition) is 5. The summed E-state index contributed by atoms with van der Waals surface area (Å²) in [4.78, 5) is 11.5. The zero-order valence-electron chi connectivity index (χ0n) is 19.9. The molecule has 2 aromatic carbocycles. The first kappa shape index (κ1) is 24.4. The summed E-state index contributed by atoms with van der Waals surface area (Å²) in [5.41, 5.74) is 1.55. The Morgan fingerprint density at radius 2 is 1.92 bits per heavy atom. The number of hydrogen-bond donors (Lipinski definition) is 1. The van der Waals surface area contributed by atoms with Crippen molar-refractivity contribution in [3.8, 4) is 6.07 Å². The molecule has 36 heavy (non-hydrogen) atoms. The zero-order valence-corrected chi connectivity index (χ0v) is 20.7. The van der Waals surface area contributed by atoms with Gasteiger partial charge >= 0.3 is 5.97 Å². The van der Waals surface area contributed by atoms with Gasteiger partial charge in [0.1, 0.15) is 11.9 Å². The van der Waals surface area contributed by atoms with E-state index in [1.165, 1.54) is 22.5 Å². The average Bonchev–Trinajstić information content (AvgIpc) is 3.58. The van der Waals surface area contributed by atoms with Gasteiger partial charge in [-0.3, -0.25) is 9.48 Å². The number of aliphatic carboxylic acids is 1. The van der Waals surface area contributed by atoms with Crippen molar-refractivity contribution in [2.75, 3.05) is 13.1 Å². The number of rotatable bonds is 6. The van der Waals surface area contributed by atoms with Gasteiger partial charge in [0.05, 0.1) is 34.1 Å². The number of aromatic nitrogens is 2. The summed E-state index contributed by atoms with van der Waals surface area (Å²) in [6, 6.07) is 10.6. The highest BCUT2D eigenvalue weighted by atomic mass is 32.2. The second-order valence-electron chi connectivity index (χ2n) is 9.78. The van der Waals surface area contributed by atoms with E-state index in [0.29, 0.717) is 22.2 Å². The first-order valence-corrected chi connectivity index (χ1v) is 13.6. The number of sulfonamides is 1. The fourth-order valence-electron chi connectivity index (χ4n) is 5.76. The highest BCUT2D eigenvalue weighted by Gasteiger charge is 2.41. The topological polar surface area (TPSA) is 116 Å². The predicted octanol–water partition coefficient (Wildman–Crippen LogP) is 4.21. The third-order valence-corrected chi connectivity index (χ3v) is 9.38. The molecule has 1 aromatic heterocycles. The summed E-state index contributed by atoms with van der Waals surface area (Å²) >= 11 is 0. The van der Waals surface area contributed by atoms with E-state index < -0.39 is 22.0 Å². The molecule has 8 nitrogen and oxygen atoms in total. The highest BCUT2D eigenvalue weighted by molar-refractivity contribution is 7.89. The van der Waals surface area contributed by atoms with Crippen LogP contribution in [-0.2, 0) is 21.2 Å². The smallest absolute Gasteiger partial charge is 0.309 e. The quantitative estimate of drug-likeness (QED) is 0.531. The maximum absolute atomic E-state index is 15.3. The van der Waals surface area contributed by atoms with E-state index >= 15 is 4.39 Å². The lowest BCUT2D eigenvalue weighted by Gasteiger charge is -2.20. The number of halogens is 1. The summed E-state index contributed by atoms with van der Waals surface area (Å²) in [5.74, 6) is -1.53. The molecule has 0 radical (unpaired) electrons. The maximum atomic E-state index is 15.3. The minimum Gasteiger partial charge on any atom is -0.481 e. The molecule has 1 N–H and O–H groups in total. The minimum absolute atomic E-state index is 0.0147. The number of nitrogens with zero attached hydrogens (tertiary/aromatic N) is 4. The van der Waals surface area contributed by atoms with E-state index in [1.807, 2.05) is 13.0 Å². The molecule has 0 spiro atoms. The summed E-state index contributed by atoms with van der Waals surface area (Å²) in [6.45, 7) is 2.21. The Labute approximate surface area is 209 Å². The van der Waals surface area contributed by atoms with Crippen molar-refractivity contribution in [2.45, 2.75) is 55.9 Å². The molecule has 1 aliphatic carbocycles. The van der Waals surface area contributed by atoms with Gasteiger partial charge in [-0.15, -0.1) is 0 Å². The molecule has 0 bridgehead atoms. The SMILES string of the molecule is C[C@@H]1CN(S(=O)(=O)c2ccccc2C#N)C[C@@H]1n1nc(CC(=O)O)c2ccc(F)c(C3CCCC3)c21. The molecule has 2 aliphatic rings. The number of carbonyl (C=O) groups is 1. The first-order chi connectivity index (χ1) is 17.2. The molecule has 5 rings (SSSR count). The van der Waals surface area contributed by atoms with Gasteiger partial charge in [-0.05, 0) is 48.9 Å². The van der Waals surface area contributed by atoms with Crippen LogP contribution in [0.1, 0.15) is 61.4 Å². The van der Waals surface area contributed by atoms with Crippen LogP contribution in [0.15, 0.2) is 41.3 Å². The number of benzene rings is 2. The standard InChI is InChI=1S/C26H27FN4O4S/c1-16-14-30(36(34,35)23-9-5-4-8-18(23)13-28)15-22(16)31-26-19(21(29-31)12-24(32)33)10-11-20(27)25(26)17-6-2-3-7-17/h4-5,8-11,16-17,22H,2-3,6-7,12,14-15H2,1H3,(H,32,33)/t16-,22+/m1/s1. The summed E-state index contributed by atoms with van der Waals surface area (Å²) < 4.78 is 45.3. The van der Waals surface area contributed by atoms with Gasteiger partial charge in [0.25, 0.3) is 0 Å². The molecular weight excluding hydrogens is 483 g/mol. The lowest BCUT2D eigenvalue weighted by atomic mass is 9.93. The number of fused-ring (bicyclic) bond motifs is 1. The van der Waals surface area contributed by atoms with E-state index in [-0.39, 0.29) is 47.6 Å². The van der Waals surface area contributed by atoms with Crippen molar-refractivity contribution >= 4 is 26.9 Å². The van der Waals surface area contributed by atoms with E-state index in [2.05, 4.69) is 5.10 Å². The maximum Gasteiger partial charge on any atom is 0.309 e. The Morgan fingerprint density at radius 1 is 1.19 bits per heavy atom. The Balaban J connectivity index is 1.62. The van der Waals surface area contributed by atoms with Gasteiger partial charge in [0.2, 0.25) is 10.0 Å². The van der Waals surface area contributed by atoms with Gasteiger partial charge in [0.15, 0.2) is 0 Å². The van der Waals surface area contributed by atoms with Crippen LogP contribution in [0.2, 0.25) is 0 Å². The summed E-state index contributed by atoms with van der Waals surface area (Å²) in [7, 11) is -3.95. The zero-order chi connectivity index (χ0) is 25.6. The molecule has 3 aromatic rings. The lowest BCUT2D eigenvalue weighted by molar-refractivity contribution is -0.136. The van der Waals surface area contributed by atoms with E-state index in [9.17, 15) is 23.6 Å². The van der Waals surface area contributed by atoms with Gasteiger partial charge in [0, 0.05) is 24.0 Å². The molecule has 188 valence electrons. The number of carboxylic acid groups (broad SMARTS) is 1. The van der Waals surface area contributed by atoms with Crippen LogP contribution < -0.4 is 0 Å². The Morgan fingerprint density at radius 3 is 2.61 bits per heavy atom. The molecule has 2 heterocycles. The molecule has 2 fully saturated rings. The molecule has 2 atom stereocenters. The normalized spacial score (nSPS) is 21.2. The molecular formula is C26H27FN4O4S. The van der Waals surface area contributed by atoms with Gasteiger partial charge < -0.3 is 5.11 Å². The largest absolute Gasteiger partial charge is 0.481 e. The average molecular weight is 511 g/mol. The van der Waals surface area contributed by atoms with Gasteiger partial charge in [-0.1, -0.05) is 31.9 Å². The first-order valence-electron chi connectivity index (χ1n) is 12.1. The third kappa shape index (κ3) is 4.06. The van der Waals surface area contributed by atoms with Gasteiger partial charge in [-0.25, -0.2) is 12.8 Å². The van der Waals surface area contributed by atoms with Crippen LogP contribution in [0.4, 0.5) is 4.39 Å². The second-order valence-corrected chi connectivity index (χ2v) is 11.7. The molecule has 0 unspecified atom stereocenters. The van der Waals surface area contributed by atoms with Crippen molar-refractivity contribution in [3.63, 3.8) is 0 Å². The van der Waals surface area contributed by atoms with Crippen molar-refractivity contribution in [3.05, 3.63) is 59.0 Å². The molecule has 10 heteroatoms. The Hall–Kier alpha value is -3.29. The van der Waals surface area contributed by atoms with Crippen LogP contribution in [0.3, 0.4) is 0 Å². The third-order valence-electron chi connectivity index (χ3n) is 7.49. The van der Waals surface area contributed by atoms with Crippen LogP contribution in [-0.4, -0.2) is 46.7 Å². The van der Waals surface area contributed by atoms with E-state index in [0.717, 1.165) is 25.7 Å². The van der Waals surface area contributed by atoms with Gasteiger partial charge in [-0.2, -0.15) is 14.7 Å². The Kier molecular flexibility index (Phi) is 6.30. The predicted molar refractivity (Wildman–Crippen MR) is 130 cm³/mol. The van der Waals surface area contributed by atoms with Crippen molar-refractivity contribution in [1.29, 1.82) is 5.26 Å². The lowest BCUT2D eigenvalue weighted by Crippen LogP contribution is -2.30. The van der Waals surface area contributed by atoms with Crippen LogP contribution in [0, 0.1) is 23.1 Å². The molecule has 1 aliphatic heterocycles. The second kappa shape index (κ2) is 9.30. The van der Waals surface area contributed by atoms with Crippen LogP contribution in [0.5, 0.6) is 0 Å². The highest BCUT2D eigenvalue weighted by Crippen LogP contribution is 2.42. The fourth-order valence-corrected chi connectivity index (χ4v) is 7.46. The van der Waals surface area contributed by atoms with Crippen molar-refractivity contribution in [1.82, 2.24) is 14.1 Å². The minimum atomic E-state index is -3.95. The van der Waals surface area contributed by atoms with E-state index in [1.54, 1.807) is 22.9 Å². The Bertz CT molecular complexity index is 1490. The van der Waals surface area contributed by atoms with Crippen molar-refractivity contribution < 1.29 is 22.7 Å². The van der Waals surface area contributed by atoms with Crippen LogP contribution in [0.25, 0.3) is 10.9 Å². The molecule has 0 amide bonds. The fraction of sp³-hybridized carbons (Fsp3) is 0.423. The monoisotopic (exact) mass is 510 g/mol. The number of carboxylic acids is 1. The van der Waals surface area contributed by atoms with Crippen molar-refractivity contribution in [2.24, 2.45) is 5.92 Å². The summed E-state index contributed by atoms with van der Waals surface area (Å²) in [6.07, 6.45) is 3.39.